The van der Waals surface area contributed by atoms with Crippen molar-refractivity contribution in [2.24, 2.45) is 0 Å². The molecule has 3 aromatic rings. The Kier molecular flexibility index (Phi) is 4.19. The number of piperazine rings is 1. The van der Waals surface area contributed by atoms with Crippen molar-refractivity contribution >= 4 is 11.5 Å². The lowest BCUT2D eigenvalue weighted by Gasteiger charge is -2.36. The number of halogens is 1. The Labute approximate surface area is 149 Å². The summed E-state index contributed by atoms with van der Waals surface area (Å²) < 4.78 is 15.8. The molecule has 0 N–H and O–H groups in total. The van der Waals surface area contributed by atoms with Crippen molar-refractivity contribution < 1.29 is 4.39 Å². The van der Waals surface area contributed by atoms with Crippen molar-refractivity contribution in [2.75, 3.05) is 36.0 Å². The van der Waals surface area contributed by atoms with Crippen molar-refractivity contribution in [3.8, 4) is 11.9 Å². The third kappa shape index (κ3) is 2.95. The fraction of sp³-hybridized carbons (Fsp3) is 0.222. The predicted octanol–water partition coefficient (Wildman–Crippen LogP) is 2.00. The summed E-state index contributed by atoms with van der Waals surface area (Å²) in [6.45, 7) is 2.57. The van der Waals surface area contributed by atoms with Gasteiger partial charge in [0.2, 0.25) is 0 Å². The highest BCUT2D eigenvalue weighted by atomic mass is 19.1. The molecule has 0 bridgehead atoms. The number of nitrogens with zero attached hydrogens (tertiary/aromatic N) is 7. The second-order valence-electron chi connectivity index (χ2n) is 5.92. The molecule has 130 valence electrons. The van der Waals surface area contributed by atoms with Gasteiger partial charge in [-0.05, 0) is 30.3 Å². The quantitative estimate of drug-likeness (QED) is 0.720. The molecule has 0 radical (unpaired) electrons. The number of nitriles is 1. The molecule has 0 amide bonds. The first-order chi connectivity index (χ1) is 12.8. The SMILES string of the molecule is N#Cc1cccc(F)c1N1CCN(c2ccc(-n3cccn3)nn2)CC1. The van der Waals surface area contributed by atoms with Crippen molar-refractivity contribution in [2.45, 2.75) is 0 Å². The Morgan fingerprint density at radius 3 is 2.31 bits per heavy atom. The molecule has 1 aliphatic rings. The summed E-state index contributed by atoms with van der Waals surface area (Å²) in [5, 5.41) is 21.8. The van der Waals surface area contributed by atoms with Crippen molar-refractivity contribution in [1.29, 1.82) is 5.26 Å². The Balaban J connectivity index is 1.47. The van der Waals surface area contributed by atoms with Crippen LogP contribution in [0.3, 0.4) is 0 Å². The molecule has 8 heteroatoms. The zero-order chi connectivity index (χ0) is 17.9. The highest BCUT2D eigenvalue weighted by Gasteiger charge is 2.23. The lowest BCUT2D eigenvalue weighted by Crippen LogP contribution is -2.47. The summed E-state index contributed by atoms with van der Waals surface area (Å²) in [5.74, 6) is 1.07. The smallest absolute Gasteiger partial charge is 0.175 e. The number of rotatable bonds is 3. The van der Waals surface area contributed by atoms with Crippen LogP contribution < -0.4 is 9.80 Å². The molecule has 0 spiro atoms. The van der Waals surface area contributed by atoms with Gasteiger partial charge in [0.25, 0.3) is 0 Å². The summed E-state index contributed by atoms with van der Waals surface area (Å²) in [4.78, 5) is 4.01. The molecule has 0 atom stereocenters. The molecule has 3 heterocycles. The van der Waals surface area contributed by atoms with Gasteiger partial charge in [-0.2, -0.15) is 10.4 Å². The van der Waals surface area contributed by atoms with Crippen LogP contribution in [0.5, 0.6) is 0 Å². The third-order valence-corrected chi connectivity index (χ3v) is 4.40. The normalized spacial score (nSPS) is 14.3. The number of anilines is 2. The van der Waals surface area contributed by atoms with Crippen LogP contribution in [-0.4, -0.2) is 46.2 Å². The fourth-order valence-electron chi connectivity index (χ4n) is 3.10. The molecule has 1 aromatic carbocycles. The second-order valence-corrected chi connectivity index (χ2v) is 5.92. The maximum atomic E-state index is 14.2. The monoisotopic (exact) mass is 349 g/mol. The van der Waals surface area contributed by atoms with Crippen LogP contribution in [0.25, 0.3) is 5.82 Å². The molecular weight excluding hydrogens is 333 g/mol. The van der Waals surface area contributed by atoms with Crippen molar-refractivity contribution in [1.82, 2.24) is 20.0 Å². The Morgan fingerprint density at radius 2 is 1.65 bits per heavy atom. The van der Waals surface area contributed by atoms with E-state index in [1.54, 1.807) is 23.0 Å². The van der Waals surface area contributed by atoms with E-state index >= 15 is 0 Å². The highest BCUT2D eigenvalue weighted by Crippen LogP contribution is 2.26. The standard InChI is InChI=1S/C18H16FN7/c19-15-4-1-3-14(13-20)18(15)25-11-9-24(10-12-25)16-5-6-17(23-22-16)26-8-2-7-21-26/h1-8H,9-12H2. The molecule has 0 aliphatic carbocycles. The largest absolute Gasteiger partial charge is 0.365 e. The van der Waals surface area contributed by atoms with Gasteiger partial charge in [0.15, 0.2) is 11.6 Å². The predicted molar refractivity (Wildman–Crippen MR) is 94.7 cm³/mol. The zero-order valence-electron chi connectivity index (χ0n) is 14.0. The van der Waals surface area contributed by atoms with E-state index in [2.05, 4.69) is 26.3 Å². The molecular formula is C18H16FN7. The van der Waals surface area contributed by atoms with Crippen LogP contribution in [0.15, 0.2) is 48.8 Å². The zero-order valence-corrected chi connectivity index (χ0v) is 14.0. The molecule has 1 aliphatic heterocycles. The van der Waals surface area contributed by atoms with Crippen molar-refractivity contribution in [3.05, 3.63) is 60.2 Å². The minimum atomic E-state index is -0.360. The molecule has 0 saturated carbocycles. The van der Waals surface area contributed by atoms with Crippen LogP contribution >= 0.6 is 0 Å². The van der Waals surface area contributed by atoms with Gasteiger partial charge in [-0.1, -0.05) is 6.07 Å². The van der Waals surface area contributed by atoms with E-state index in [0.29, 0.717) is 43.2 Å². The summed E-state index contributed by atoms with van der Waals surface area (Å²) in [7, 11) is 0. The van der Waals surface area contributed by atoms with E-state index in [1.807, 2.05) is 29.3 Å². The van der Waals surface area contributed by atoms with Gasteiger partial charge >= 0.3 is 0 Å². The van der Waals surface area contributed by atoms with Gasteiger partial charge in [0.1, 0.15) is 11.9 Å². The van der Waals surface area contributed by atoms with E-state index in [-0.39, 0.29) is 5.82 Å². The molecule has 2 aromatic heterocycles. The lowest BCUT2D eigenvalue weighted by atomic mass is 10.1. The molecule has 1 fully saturated rings. The van der Waals surface area contributed by atoms with Crippen LogP contribution in [0.1, 0.15) is 5.56 Å². The number of hydrogen-bond acceptors (Lipinski definition) is 6. The summed E-state index contributed by atoms with van der Waals surface area (Å²) in [6, 6.07) is 12.3. The third-order valence-electron chi connectivity index (χ3n) is 4.40. The average Bonchev–Trinajstić information content (AvgIpc) is 3.23. The van der Waals surface area contributed by atoms with Crippen LogP contribution in [0.2, 0.25) is 0 Å². The van der Waals surface area contributed by atoms with E-state index in [9.17, 15) is 9.65 Å². The Morgan fingerprint density at radius 1 is 0.923 bits per heavy atom. The number of benzene rings is 1. The Bertz CT molecular complexity index is 923. The second kappa shape index (κ2) is 6.80. The first-order valence-electron chi connectivity index (χ1n) is 8.28. The van der Waals surface area contributed by atoms with Gasteiger partial charge in [0, 0.05) is 38.6 Å². The van der Waals surface area contributed by atoms with E-state index < -0.39 is 0 Å². The van der Waals surface area contributed by atoms with E-state index in [0.717, 1.165) is 5.82 Å². The van der Waals surface area contributed by atoms with Gasteiger partial charge in [0.05, 0.1) is 11.3 Å². The molecule has 7 nitrogen and oxygen atoms in total. The van der Waals surface area contributed by atoms with Gasteiger partial charge in [-0.15, -0.1) is 10.2 Å². The fourth-order valence-corrected chi connectivity index (χ4v) is 3.10. The van der Waals surface area contributed by atoms with E-state index in [4.69, 9.17) is 0 Å². The summed E-state index contributed by atoms with van der Waals surface area (Å²) in [5.41, 5.74) is 0.747. The number of hydrogen-bond donors (Lipinski definition) is 0. The topological polar surface area (TPSA) is 73.9 Å². The minimum Gasteiger partial charge on any atom is -0.365 e. The first-order valence-corrected chi connectivity index (χ1v) is 8.28. The minimum absolute atomic E-state index is 0.360. The van der Waals surface area contributed by atoms with Crippen LogP contribution in [-0.2, 0) is 0 Å². The van der Waals surface area contributed by atoms with Gasteiger partial charge in [-0.3, -0.25) is 0 Å². The highest BCUT2D eigenvalue weighted by molar-refractivity contribution is 5.61. The van der Waals surface area contributed by atoms with Crippen LogP contribution in [0.4, 0.5) is 15.9 Å². The lowest BCUT2D eigenvalue weighted by molar-refractivity contribution is 0.594. The maximum absolute atomic E-state index is 14.2. The average molecular weight is 349 g/mol. The van der Waals surface area contributed by atoms with Crippen LogP contribution in [0, 0.1) is 17.1 Å². The maximum Gasteiger partial charge on any atom is 0.175 e. The van der Waals surface area contributed by atoms with Crippen molar-refractivity contribution in [3.63, 3.8) is 0 Å². The summed E-state index contributed by atoms with van der Waals surface area (Å²) in [6.07, 6.45) is 3.50. The van der Waals surface area contributed by atoms with E-state index in [1.165, 1.54) is 6.07 Å². The van der Waals surface area contributed by atoms with Gasteiger partial charge in [-0.25, -0.2) is 9.07 Å². The number of para-hydroxylation sites is 1. The molecule has 26 heavy (non-hydrogen) atoms. The Hall–Kier alpha value is -3.47. The van der Waals surface area contributed by atoms with Gasteiger partial charge < -0.3 is 9.80 Å². The first kappa shape index (κ1) is 16.0. The molecule has 0 unspecified atom stereocenters. The number of aromatic nitrogens is 4. The molecule has 1 saturated heterocycles. The summed E-state index contributed by atoms with van der Waals surface area (Å²) >= 11 is 0. The molecule has 4 rings (SSSR count).